The van der Waals surface area contributed by atoms with Crippen LogP contribution in [0.15, 0.2) is 84.0 Å². The van der Waals surface area contributed by atoms with Gasteiger partial charge in [0.15, 0.2) is 0 Å². The Morgan fingerprint density at radius 1 is 0.929 bits per heavy atom. The Morgan fingerprint density at radius 2 is 1.64 bits per heavy atom. The van der Waals surface area contributed by atoms with Crippen molar-refractivity contribution >= 4 is 17.1 Å². The Bertz CT molecular complexity index is 1040. The van der Waals surface area contributed by atoms with Crippen LogP contribution in [0.4, 0.5) is 11.4 Å². The standard InChI is InChI=1S/C23H20N4O/c1-28-23-14-8-6-12-20(23)21-16-26(22-13-7-5-9-18(22)15-24)17-27(25-21)19-10-3-2-4-11-19/h2-14H,16-17H2,1H3. The minimum Gasteiger partial charge on any atom is -0.496 e. The smallest absolute Gasteiger partial charge is 0.128 e. The van der Waals surface area contributed by atoms with Crippen molar-refractivity contribution in [3.63, 3.8) is 0 Å². The fourth-order valence-electron chi connectivity index (χ4n) is 3.37. The number of anilines is 2. The number of nitriles is 1. The third-order valence-electron chi connectivity index (χ3n) is 4.72. The molecule has 3 aromatic carbocycles. The van der Waals surface area contributed by atoms with Crippen molar-refractivity contribution in [2.24, 2.45) is 5.10 Å². The summed E-state index contributed by atoms with van der Waals surface area (Å²) < 4.78 is 5.56. The molecule has 0 bridgehead atoms. The number of hydrogen-bond acceptors (Lipinski definition) is 5. The van der Waals surface area contributed by atoms with Gasteiger partial charge in [-0.3, -0.25) is 0 Å². The van der Waals surface area contributed by atoms with Crippen LogP contribution < -0.4 is 14.6 Å². The Morgan fingerprint density at radius 3 is 2.43 bits per heavy atom. The SMILES string of the molecule is COc1ccccc1C1=NN(c2ccccc2)CN(c2ccccc2C#N)C1. The lowest BCUT2D eigenvalue weighted by Gasteiger charge is -2.36. The highest BCUT2D eigenvalue weighted by Gasteiger charge is 2.25. The lowest BCUT2D eigenvalue weighted by atomic mass is 10.1. The second-order valence-electron chi connectivity index (χ2n) is 6.45. The normalized spacial score (nSPS) is 13.6. The largest absolute Gasteiger partial charge is 0.496 e. The van der Waals surface area contributed by atoms with E-state index in [4.69, 9.17) is 9.84 Å². The summed E-state index contributed by atoms with van der Waals surface area (Å²) in [6.45, 7) is 1.14. The van der Waals surface area contributed by atoms with Gasteiger partial charge in [-0.25, -0.2) is 5.01 Å². The molecule has 1 heterocycles. The van der Waals surface area contributed by atoms with E-state index in [0.29, 0.717) is 18.8 Å². The molecule has 0 fully saturated rings. The molecule has 4 rings (SSSR count). The zero-order valence-corrected chi connectivity index (χ0v) is 15.6. The Hall–Kier alpha value is -3.78. The average Bonchev–Trinajstić information content (AvgIpc) is 2.79. The van der Waals surface area contributed by atoms with Crippen molar-refractivity contribution in [2.75, 3.05) is 30.2 Å². The fourth-order valence-corrected chi connectivity index (χ4v) is 3.37. The van der Waals surface area contributed by atoms with Gasteiger partial charge in [0, 0.05) is 5.56 Å². The summed E-state index contributed by atoms with van der Waals surface area (Å²) in [7, 11) is 1.67. The van der Waals surface area contributed by atoms with Crippen LogP contribution in [0, 0.1) is 11.3 Å². The number of rotatable bonds is 4. The number of hydrogen-bond donors (Lipinski definition) is 0. The molecule has 0 saturated heterocycles. The maximum absolute atomic E-state index is 9.56. The number of hydrazone groups is 1. The van der Waals surface area contributed by atoms with Crippen LogP contribution in [0.1, 0.15) is 11.1 Å². The molecule has 0 aromatic heterocycles. The molecule has 0 atom stereocenters. The number of para-hydroxylation sites is 3. The van der Waals surface area contributed by atoms with Crippen molar-refractivity contribution in [2.45, 2.75) is 0 Å². The van der Waals surface area contributed by atoms with Gasteiger partial charge in [0.2, 0.25) is 0 Å². The van der Waals surface area contributed by atoms with E-state index in [1.54, 1.807) is 7.11 Å². The molecule has 0 amide bonds. The first kappa shape index (κ1) is 17.6. The molecule has 5 heteroatoms. The van der Waals surface area contributed by atoms with E-state index in [0.717, 1.165) is 28.4 Å². The van der Waals surface area contributed by atoms with Gasteiger partial charge in [-0.05, 0) is 36.4 Å². The third-order valence-corrected chi connectivity index (χ3v) is 4.72. The van der Waals surface area contributed by atoms with E-state index in [2.05, 4.69) is 11.0 Å². The van der Waals surface area contributed by atoms with Crippen LogP contribution in [-0.2, 0) is 0 Å². The van der Waals surface area contributed by atoms with Gasteiger partial charge in [0.1, 0.15) is 18.5 Å². The summed E-state index contributed by atoms with van der Waals surface area (Å²) in [6.07, 6.45) is 0. The lowest BCUT2D eigenvalue weighted by Crippen LogP contribution is -2.45. The van der Waals surface area contributed by atoms with E-state index < -0.39 is 0 Å². The third kappa shape index (κ3) is 3.40. The predicted octanol–water partition coefficient (Wildman–Crippen LogP) is 4.26. The van der Waals surface area contributed by atoms with Crippen LogP contribution in [0.5, 0.6) is 5.75 Å². The number of methoxy groups -OCH3 is 1. The lowest BCUT2D eigenvalue weighted by molar-refractivity contribution is 0.414. The molecule has 1 aliphatic heterocycles. The van der Waals surface area contributed by atoms with Gasteiger partial charge in [0.25, 0.3) is 0 Å². The highest BCUT2D eigenvalue weighted by atomic mass is 16.5. The van der Waals surface area contributed by atoms with E-state index in [-0.39, 0.29) is 0 Å². The molecule has 28 heavy (non-hydrogen) atoms. The summed E-state index contributed by atoms with van der Waals surface area (Å²) in [5.74, 6) is 0.782. The van der Waals surface area contributed by atoms with Gasteiger partial charge in [0.05, 0.1) is 36.3 Å². The average molecular weight is 368 g/mol. The molecule has 3 aromatic rings. The first-order chi connectivity index (χ1) is 13.8. The molecule has 0 aliphatic carbocycles. The molecule has 0 saturated carbocycles. The van der Waals surface area contributed by atoms with E-state index >= 15 is 0 Å². The highest BCUT2D eigenvalue weighted by Crippen LogP contribution is 2.28. The Kier molecular flexibility index (Phi) is 4.94. The summed E-state index contributed by atoms with van der Waals surface area (Å²) in [4.78, 5) is 2.17. The zero-order chi connectivity index (χ0) is 19.3. The van der Waals surface area contributed by atoms with Crippen LogP contribution in [0.2, 0.25) is 0 Å². The van der Waals surface area contributed by atoms with Crippen LogP contribution >= 0.6 is 0 Å². The maximum Gasteiger partial charge on any atom is 0.128 e. The topological polar surface area (TPSA) is 51.9 Å². The summed E-state index contributed by atoms with van der Waals surface area (Å²) >= 11 is 0. The molecule has 0 radical (unpaired) electrons. The quantitative estimate of drug-likeness (QED) is 0.691. The van der Waals surface area contributed by atoms with Gasteiger partial charge < -0.3 is 9.64 Å². The highest BCUT2D eigenvalue weighted by molar-refractivity contribution is 6.06. The van der Waals surface area contributed by atoms with Crippen molar-refractivity contribution in [3.05, 3.63) is 90.0 Å². The summed E-state index contributed by atoms with van der Waals surface area (Å²) in [6, 6.07) is 27.9. The van der Waals surface area contributed by atoms with E-state index in [9.17, 15) is 5.26 Å². The zero-order valence-electron chi connectivity index (χ0n) is 15.6. The van der Waals surface area contributed by atoms with Crippen LogP contribution in [0.3, 0.4) is 0 Å². The van der Waals surface area contributed by atoms with Gasteiger partial charge in [-0.15, -0.1) is 0 Å². The molecule has 1 aliphatic rings. The number of ether oxygens (including phenoxy) is 1. The molecule has 0 spiro atoms. The molecular weight excluding hydrogens is 348 g/mol. The Balaban J connectivity index is 1.80. The molecular formula is C23H20N4O. The molecule has 138 valence electrons. The maximum atomic E-state index is 9.56. The number of nitrogens with zero attached hydrogens (tertiary/aromatic N) is 4. The molecule has 5 nitrogen and oxygen atoms in total. The Labute approximate surface area is 164 Å². The first-order valence-electron chi connectivity index (χ1n) is 9.07. The second kappa shape index (κ2) is 7.85. The van der Waals surface area contributed by atoms with Crippen molar-refractivity contribution in [1.82, 2.24) is 0 Å². The first-order valence-corrected chi connectivity index (χ1v) is 9.07. The minimum absolute atomic E-state index is 0.557. The van der Waals surface area contributed by atoms with Crippen molar-refractivity contribution in [3.8, 4) is 11.8 Å². The fraction of sp³-hybridized carbons (Fsp3) is 0.130. The predicted molar refractivity (Wildman–Crippen MR) is 112 cm³/mol. The second-order valence-corrected chi connectivity index (χ2v) is 6.45. The van der Waals surface area contributed by atoms with Crippen LogP contribution in [0.25, 0.3) is 0 Å². The van der Waals surface area contributed by atoms with Gasteiger partial charge >= 0.3 is 0 Å². The molecule has 0 N–H and O–H groups in total. The minimum atomic E-state index is 0.557. The van der Waals surface area contributed by atoms with Crippen molar-refractivity contribution in [1.29, 1.82) is 5.26 Å². The monoisotopic (exact) mass is 368 g/mol. The summed E-state index contributed by atoms with van der Waals surface area (Å²) in [5, 5.41) is 16.4. The van der Waals surface area contributed by atoms with E-state index in [1.807, 2.05) is 83.9 Å². The number of benzene rings is 3. The van der Waals surface area contributed by atoms with Gasteiger partial charge in [-0.1, -0.05) is 42.5 Å². The van der Waals surface area contributed by atoms with E-state index in [1.165, 1.54) is 0 Å². The summed E-state index contributed by atoms with van der Waals surface area (Å²) in [5.41, 5.74) is 4.38. The van der Waals surface area contributed by atoms with Crippen molar-refractivity contribution < 1.29 is 4.74 Å². The molecule has 0 unspecified atom stereocenters. The van der Waals surface area contributed by atoms with Gasteiger partial charge in [-0.2, -0.15) is 10.4 Å². The van der Waals surface area contributed by atoms with Crippen LogP contribution in [-0.4, -0.2) is 26.0 Å².